The van der Waals surface area contributed by atoms with E-state index < -0.39 is 0 Å². The molecule has 0 heterocycles. The minimum Gasteiger partial charge on any atom is -0.493 e. The van der Waals surface area contributed by atoms with E-state index in [0.29, 0.717) is 17.5 Å². The van der Waals surface area contributed by atoms with Gasteiger partial charge in [0.2, 0.25) is 0 Å². The maximum atomic E-state index is 5.77. The van der Waals surface area contributed by atoms with Gasteiger partial charge in [-0.25, -0.2) is 0 Å². The molecule has 0 saturated carbocycles. The average Bonchev–Trinajstić information content (AvgIpc) is 2.55. The molecule has 0 unspecified atom stereocenters. The molecule has 0 spiro atoms. The van der Waals surface area contributed by atoms with Gasteiger partial charge in [0, 0.05) is 7.05 Å². The Morgan fingerprint density at radius 2 is 2.09 bits per heavy atom. The normalized spacial score (nSPS) is 10.5. The van der Waals surface area contributed by atoms with Crippen LogP contribution in [0.15, 0.2) is 23.3 Å². The van der Waals surface area contributed by atoms with Gasteiger partial charge in [0.15, 0.2) is 16.6 Å². The van der Waals surface area contributed by atoms with Gasteiger partial charge in [-0.1, -0.05) is 26.2 Å². The van der Waals surface area contributed by atoms with Gasteiger partial charge in [-0.2, -0.15) is 5.10 Å². The molecule has 0 radical (unpaired) electrons. The van der Waals surface area contributed by atoms with E-state index >= 15 is 0 Å². The lowest BCUT2D eigenvalue weighted by molar-refractivity contribution is 0.285. The first-order chi connectivity index (χ1) is 10.7. The van der Waals surface area contributed by atoms with E-state index in [4.69, 9.17) is 21.7 Å². The fourth-order valence-corrected chi connectivity index (χ4v) is 1.87. The van der Waals surface area contributed by atoms with E-state index in [1.165, 1.54) is 19.3 Å². The van der Waals surface area contributed by atoms with Gasteiger partial charge in [0.25, 0.3) is 0 Å². The van der Waals surface area contributed by atoms with Crippen molar-refractivity contribution in [2.45, 2.75) is 32.6 Å². The Morgan fingerprint density at radius 3 is 2.77 bits per heavy atom. The molecule has 2 N–H and O–H groups in total. The first-order valence-electron chi connectivity index (χ1n) is 7.52. The van der Waals surface area contributed by atoms with Gasteiger partial charge in [-0.05, 0) is 42.4 Å². The van der Waals surface area contributed by atoms with Crippen LogP contribution in [-0.2, 0) is 0 Å². The van der Waals surface area contributed by atoms with Gasteiger partial charge in [0.05, 0.1) is 19.9 Å². The number of hydrogen-bond acceptors (Lipinski definition) is 4. The SMILES string of the molecule is CCCCCCOc1ccc(C=NNC(=S)NC)cc1OC. The molecule has 0 aromatic heterocycles. The number of nitrogens with zero attached hydrogens (tertiary/aromatic N) is 1. The van der Waals surface area contributed by atoms with Crippen molar-refractivity contribution in [2.75, 3.05) is 20.8 Å². The molecule has 5 nitrogen and oxygen atoms in total. The van der Waals surface area contributed by atoms with Gasteiger partial charge >= 0.3 is 0 Å². The summed E-state index contributed by atoms with van der Waals surface area (Å²) in [4.78, 5) is 0. The van der Waals surface area contributed by atoms with Crippen molar-refractivity contribution >= 4 is 23.5 Å². The van der Waals surface area contributed by atoms with E-state index in [0.717, 1.165) is 17.7 Å². The Hall–Kier alpha value is -1.82. The maximum Gasteiger partial charge on any atom is 0.186 e. The van der Waals surface area contributed by atoms with Crippen LogP contribution in [0.5, 0.6) is 11.5 Å². The maximum absolute atomic E-state index is 5.77. The van der Waals surface area contributed by atoms with Crippen LogP contribution in [0.2, 0.25) is 0 Å². The molecule has 0 aliphatic carbocycles. The summed E-state index contributed by atoms with van der Waals surface area (Å²) in [7, 11) is 3.37. The molecule has 0 aliphatic rings. The summed E-state index contributed by atoms with van der Waals surface area (Å²) in [5, 5.41) is 7.29. The molecule has 0 amide bonds. The van der Waals surface area contributed by atoms with Crippen LogP contribution in [0.4, 0.5) is 0 Å². The Bertz CT molecular complexity index is 492. The molecular weight excluding hydrogens is 298 g/mol. The van der Waals surface area contributed by atoms with Crippen LogP contribution >= 0.6 is 12.2 Å². The number of hydrazone groups is 1. The van der Waals surface area contributed by atoms with Crippen LogP contribution in [0, 0.1) is 0 Å². The first kappa shape index (κ1) is 18.2. The van der Waals surface area contributed by atoms with E-state index in [-0.39, 0.29) is 0 Å². The summed E-state index contributed by atoms with van der Waals surface area (Å²) >= 11 is 4.94. The number of methoxy groups -OCH3 is 1. The molecule has 122 valence electrons. The molecule has 0 atom stereocenters. The fourth-order valence-electron chi connectivity index (χ4n) is 1.82. The summed E-state index contributed by atoms with van der Waals surface area (Å²) in [5.74, 6) is 1.46. The van der Waals surface area contributed by atoms with E-state index in [1.54, 1.807) is 20.4 Å². The predicted molar refractivity (Wildman–Crippen MR) is 95.0 cm³/mol. The zero-order valence-corrected chi connectivity index (χ0v) is 14.3. The number of ether oxygens (including phenoxy) is 2. The standard InChI is InChI=1S/C16H25N3O2S/c1-4-5-6-7-10-21-14-9-8-13(11-15(14)20-3)12-18-19-16(22)17-2/h8-9,11-12H,4-7,10H2,1-3H3,(H2,17,19,22). The molecule has 1 aromatic carbocycles. The van der Waals surface area contributed by atoms with Gasteiger partial charge in [-0.15, -0.1) is 0 Å². The molecule has 1 rings (SSSR count). The zero-order valence-electron chi connectivity index (χ0n) is 13.5. The summed E-state index contributed by atoms with van der Waals surface area (Å²) in [6, 6.07) is 5.71. The fraction of sp³-hybridized carbons (Fsp3) is 0.500. The summed E-state index contributed by atoms with van der Waals surface area (Å²) in [6.07, 6.45) is 6.41. The molecule has 0 aliphatic heterocycles. The molecule has 1 aromatic rings. The van der Waals surface area contributed by atoms with Crippen LogP contribution in [0.25, 0.3) is 0 Å². The second-order valence-corrected chi connectivity index (χ2v) is 5.18. The molecule has 0 fully saturated rings. The Morgan fingerprint density at radius 1 is 1.27 bits per heavy atom. The highest BCUT2D eigenvalue weighted by Gasteiger charge is 2.05. The van der Waals surface area contributed by atoms with Crippen molar-refractivity contribution in [3.05, 3.63) is 23.8 Å². The molecule has 0 bridgehead atoms. The average molecular weight is 323 g/mol. The number of unbranched alkanes of at least 4 members (excludes halogenated alkanes) is 3. The quantitative estimate of drug-likeness (QED) is 0.316. The summed E-state index contributed by atoms with van der Waals surface area (Å²) in [5.41, 5.74) is 3.61. The number of hydrogen-bond donors (Lipinski definition) is 2. The van der Waals surface area contributed by atoms with Crippen LogP contribution in [0.1, 0.15) is 38.2 Å². The van der Waals surface area contributed by atoms with Gasteiger partial charge < -0.3 is 14.8 Å². The largest absolute Gasteiger partial charge is 0.493 e. The van der Waals surface area contributed by atoms with Gasteiger partial charge in [0.1, 0.15) is 0 Å². The van der Waals surface area contributed by atoms with Gasteiger partial charge in [-0.3, -0.25) is 5.43 Å². The number of thiocarbonyl (C=S) groups is 1. The third kappa shape index (κ3) is 6.76. The van der Waals surface area contributed by atoms with Crippen LogP contribution in [-0.4, -0.2) is 32.1 Å². The predicted octanol–water partition coefficient (Wildman–Crippen LogP) is 3.08. The molecule has 6 heteroatoms. The van der Waals surface area contributed by atoms with Crippen molar-refractivity contribution < 1.29 is 9.47 Å². The van der Waals surface area contributed by atoms with Crippen LogP contribution < -0.4 is 20.2 Å². The number of benzene rings is 1. The lowest BCUT2D eigenvalue weighted by Gasteiger charge is -2.11. The van der Waals surface area contributed by atoms with Crippen LogP contribution in [0.3, 0.4) is 0 Å². The molecule has 0 saturated heterocycles. The first-order valence-corrected chi connectivity index (χ1v) is 7.93. The van der Waals surface area contributed by atoms with E-state index in [9.17, 15) is 0 Å². The second kappa shape index (κ2) is 10.8. The molecule has 22 heavy (non-hydrogen) atoms. The lowest BCUT2D eigenvalue weighted by atomic mass is 10.2. The van der Waals surface area contributed by atoms with Crippen molar-refractivity contribution in [3.63, 3.8) is 0 Å². The second-order valence-electron chi connectivity index (χ2n) is 4.77. The highest BCUT2D eigenvalue weighted by atomic mass is 32.1. The Labute approximate surface area is 138 Å². The van der Waals surface area contributed by atoms with E-state index in [1.807, 2.05) is 18.2 Å². The minimum absolute atomic E-state index is 0.468. The van der Waals surface area contributed by atoms with Crippen molar-refractivity contribution in [3.8, 4) is 11.5 Å². The van der Waals surface area contributed by atoms with E-state index in [2.05, 4.69) is 22.8 Å². The highest BCUT2D eigenvalue weighted by molar-refractivity contribution is 7.80. The Balaban J connectivity index is 2.56. The third-order valence-electron chi connectivity index (χ3n) is 3.05. The zero-order chi connectivity index (χ0) is 16.2. The summed E-state index contributed by atoms with van der Waals surface area (Å²) < 4.78 is 11.1. The third-order valence-corrected chi connectivity index (χ3v) is 3.35. The van der Waals surface area contributed by atoms with Crippen molar-refractivity contribution in [1.82, 2.24) is 10.7 Å². The smallest absolute Gasteiger partial charge is 0.186 e. The number of rotatable bonds is 9. The minimum atomic E-state index is 0.468. The monoisotopic (exact) mass is 323 g/mol. The molecular formula is C16H25N3O2S. The Kier molecular flexibility index (Phi) is 8.98. The van der Waals surface area contributed by atoms with Crippen molar-refractivity contribution in [1.29, 1.82) is 0 Å². The lowest BCUT2D eigenvalue weighted by Crippen LogP contribution is -2.28. The number of nitrogens with one attached hydrogen (secondary N) is 2. The summed E-state index contributed by atoms with van der Waals surface area (Å²) in [6.45, 7) is 2.91. The topological polar surface area (TPSA) is 54.9 Å². The van der Waals surface area contributed by atoms with Crippen molar-refractivity contribution in [2.24, 2.45) is 5.10 Å². The highest BCUT2D eigenvalue weighted by Crippen LogP contribution is 2.27.